The largest absolute Gasteiger partial charge is 0.352 e. The molecule has 3 heterocycles. The Hall–Kier alpha value is -2.70. The molecule has 3 rings (SSSR count). The zero-order chi connectivity index (χ0) is 17.1. The van der Waals surface area contributed by atoms with Crippen molar-refractivity contribution in [3.05, 3.63) is 35.9 Å². The Morgan fingerprint density at radius 3 is 2.88 bits per heavy atom. The Labute approximate surface area is 140 Å². The fraction of sp³-hybridized carbons (Fsp3) is 0.412. The van der Waals surface area contributed by atoms with Gasteiger partial charge in [0.15, 0.2) is 5.65 Å². The quantitative estimate of drug-likeness (QED) is 0.706. The number of nitrogens with zero attached hydrogens (tertiary/aromatic N) is 5. The Kier molecular flexibility index (Phi) is 4.59. The van der Waals surface area contributed by atoms with Crippen LogP contribution < -0.4 is 5.32 Å². The monoisotopic (exact) mass is 326 g/mol. The van der Waals surface area contributed by atoms with E-state index in [1.165, 1.54) is 0 Å². The summed E-state index contributed by atoms with van der Waals surface area (Å²) in [6.07, 6.45) is 7.27. The van der Waals surface area contributed by atoms with Crippen molar-refractivity contribution in [1.29, 1.82) is 0 Å². The first-order valence-corrected chi connectivity index (χ1v) is 8.31. The number of hydrogen-bond donors (Lipinski definition) is 1. The number of amides is 1. The minimum absolute atomic E-state index is 0.135. The maximum absolute atomic E-state index is 12.3. The molecule has 0 aliphatic heterocycles. The van der Waals surface area contributed by atoms with Crippen LogP contribution in [0.5, 0.6) is 0 Å². The zero-order valence-corrected chi connectivity index (χ0v) is 14.3. The Morgan fingerprint density at radius 1 is 1.33 bits per heavy atom. The minimum atomic E-state index is -0.135. The van der Waals surface area contributed by atoms with Gasteiger partial charge >= 0.3 is 0 Å². The van der Waals surface area contributed by atoms with Gasteiger partial charge in [-0.3, -0.25) is 9.48 Å². The number of nitrogens with one attached hydrogen (secondary N) is 1. The maximum Gasteiger partial charge on any atom is 0.256 e. The lowest BCUT2D eigenvalue weighted by Crippen LogP contribution is -2.24. The second kappa shape index (κ2) is 6.82. The number of unbranched alkanes of at least 4 members (excludes halogenated alkanes) is 1. The number of aryl methyl sites for hydroxylation is 2. The van der Waals surface area contributed by atoms with Gasteiger partial charge in [0.1, 0.15) is 5.56 Å². The predicted molar refractivity (Wildman–Crippen MR) is 91.9 cm³/mol. The summed E-state index contributed by atoms with van der Waals surface area (Å²) < 4.78 is 3.59. The average molecular weight is 326 g/mol. The van der Waals surface area contributed by atoms with E-state index in [0.29, 0.717) is 17.8 Å². The van der Waals surface area contributed by atoms with Crippen molar-refractivity contribution in [1.82, 2.24) is 29.7 Å². The molecule has 1 amide bonds. The standard InChI is InChI=1S/C17H22N6O/c1-4-6-8-19-17(24)13-10-20-23-15(7-9-18-16(13)23)14-11-22(5-2)21-12(14)3/h7,9-11H,4-6,8H2,1-3H3,(H,19,24). The van der Waals surface area contributed by atoms with Crippen molar-refractivity contribution in [3.8, 4) is 11.3 Å². The molecule has 7 nitrogen and oxygen atoms in total. The lowest BCUT2D eigenvalue weighted by molar-refractivity contribution is 0.0954. The van der Waals surface area contributed by atoms with Crippen LogP contribution in [0.25, 0.3) is 16.9 Å². The van der Waals surface area contributed by atoms with Crippen molar-refractivity contribution >= 4 is 11.6 Å². The molecule has 1 N–H and O–H groups in total. The van der Waals surface area contributed by atoms with Crippen LogP contribution in [0.3, 0.4) is 0 Å². The summed E-state index contributed by atoms with van der Waals surface area (Å²) >= 11 is 0. The van der Waals surface area contributed by atoms with Crippen molar-refractivity contribution in [2.75, 3.05) is 6.54 Å². The Balaban J connectivity index is 2.00. The van der Waals surface area contributed by atoms with Crippen LogP contribution in [-0.2, 0) is 6.54 Å². The summed E-state index contributed by atoms with van der Waals surface area (Å²) in [5, 5.41) is 11.8. The molecular formula is C17H22N6O. The third-order valence-corrected chi connectivity index (χ3v) is 4.01. The lowest BCUT2D eigenvalue weighted by atomic mass is 10.2. The van der Waals surface area contributed by atoms with Gasteiger partial charge < -0.3 is 5.32 Å². The van der Waals surface area contributed by atoms with Crippen LogP contribution in [0.15, 0.2) is 24.7 Å². The highest BCUT2D eigenvalue weighted by Crippen LogP contribution is 2.23. The van der Waals surface area contributed by atoms with Gasteiger partial charge in [-0.2, -0.15) is 10.2 Å². The van der Waals surface area contributed by atoms with Crippen LogP contribution in [0.4, 0.5) is 0 Å². The molecule has 0 aromatic carbocycles. The average Bonchev–Trinajstić information content (AvgIpc) is 3.18. The molecule has 7 heteroatoms. The summed E-state index contributed by atoms with van der Waals surface area (Å²) in [5.74, 6) is -0.135. The predicted octanol–water partition coefficient (Wildman–Crippen LogP) is 2.45. The van der Waals surface area contributed by atoms with E-state index in [2.05, 4.69) is 27.4 Å². The van der Waals surface area contributed by atoms with E-state index in [-0.39, 0.29) is 5.91 Å². The highest BCUT2D eigenvalue weighted by Gasteiger charge is 2.17. The van der Waals surface area contributed by atoms with Crippen molar-refractivity contribution in [2.45, 2.75) is 40.2 Å². The molecule has 0 aliphatic rings. The second-order valence-electron chi connectivity index (χ2n) is 5.72. The van der Waals surface area contributed by atoms with Gasteiger partial charge in [0.2, 0.25) is 0 Å². The number of aromatic nitrogens is 5. The highest BCUT2D eigenvalue weighted by molar-refractivity contribution is 5.99. The molecule has 0 fully saturated rings. The van der Waals surface area contributed by atoms with Gasteiger partial charge in [-0.1, -0.05) is 13.3 Å². The number of carbonyl (C=O) groups excluding carboxylic acids is 1. The molecule has 126 valence electrons. The summed E-state index contributed by atoms with van der Waals surface area (Å²) in [7, 11) is 0. The minimum Gasteiger partial charge on any atom is -0.352 e. The van der Waals surface area contributed by atoms with Crippen LogP contribution in [0.2, 0.25) is 0 Å². The van der Waals surface area contributed by atoms with E-state index in [4.69, 9.17) is 0 Å². The molecule has 3 aromatic rings. The third-order valence-electron chi connectivity index (χ3n) is 4.01. The molecule has 3 aromatic heterocycles. The fourth-order valence-electron chi connectivity index (χ4n) is 2.66. The van der Waals surface area contributed by atoms with Crippen LogP contribution in [-0.4, -0.2) is 36.8 Å². The SMILES string of the molecule is CCCCNC(=O)c1cnn2c(-c3cn(CC)nc3C)ccnc12. The van der Waals surface area contributed by atoms with E-state index < -0.39 is 0 Å². The van der Waals surface area contributed by atoms with E-state index >= 15 is 0 Å². The number of rotatable bonds is 6. The van der Waals surface area contributed by atoms with Crippen LogP contribution in [0, 0.1) is 6.92 Å². The van der Waals surface area contributed by atoms with Gasteiger partial charge in [0.25, 0.3) is 5.91 Å². The molecule has 0 unspecified atom stereocenters. The summed E-state index contributed by atoms with van der Waals surface area (Å²) in [5.41, 5.74) is 3.85. The topological polar surface area (TPSA) is 77.1 Å². The van der Waals surface area contributed by atoms with Gasteiger partial charge in [0, 0.05) is 31.0 Å². The molecule has 0 saturated heterocycles. The molecule has 0 spiro atoms. The first kappa shape index (κ1) is 16.2. The molecular weight excluding hydrogens is 304 g/mol. The molecule has 0 bridgehead atoms. The number of carbonyl (C=O) groups is 1. The van der Waals surface area contributed by atoms with Crippen LogP contribution >= 0.6 is 0 Å². The molecule has 0 atom stereocenters. The van der Waals surface area contributed by atoms with Gasteiger partial charge in [-0.15, -0.1) is 0 Å². The first-order chi connectivity index (χ1) is 11.7. The normalized spacial score (nSPS) is 11.1. The summed E-state index contributed by atoms with van der Waals surface area (Å²) in [4.78, 5) is 16.7. The lowest BCUT2D eigenvalue weighted by Gasteiger charge is -2.04. The molecule has 0 aliphatic carbocycles. The van der Waals surface area contributed by atoms with Crippen LogP contribution in [0.1, 0.15) is 42.7 Å². The summed E-state index contributed by atoms with van der Waals surface area (Å²) in [6, 6.07) is 1.89. The maximum atomic E-state index is 12.3. The third kappa shape index (κ3) is 2.89. The molecule has 24 heavy (non-hydrogen) atoms. The number of hydrogen-bond acceptors (Lipinski definition) is 4. The highest BCUT2D eigenvalue weighted by atomic mass is 16.1. The van der Waals surface area contributed by atoms with Gasteiger partial charge in [0.05, 0.1) is 17.6 Å². The van der Waals surface area contributed by atoms with Crippen molar-refractivity contribution < 1.29 is 4.79 Å². The molecule has 0 saturated carbocycles. The smallest absolute Gasteiger partial charge is 0.256 e. The molecule has 0 radical (unpaired) electrons. The number of fused-ring (bicyclic) bond motifs is 1. The van der Waals surface area contributed by atoms with E-state index in [0.717, 1.165) is 36.3 Å². The fourth-order valence-corrected chi connectivity index (χ4v) is 2.66. The Morgan fingerprint density at radius 2 is 2.17 bits per heavy atom. The first-order valence-electron chi connectivity index (χ1n) is 8.31. The second-order valence-corrected chi connectivity index (χ2v) is 5.72. The van der Waals surface area contributed by atoms with E-state index in [1.807, 2.05) is 30.8 Å². The van der Waals surface area contributed by atoms with E-state index in [9.17, 15) is 4.79 Å². The van der Waals surface area contributed by atoms with Crippen molar-refractivity contribution in [3.63, 3.8) is 0 Å². The van der Waals surface area contributed by atoms with Gasteiger partial charge in [-0.05, 0) is 26.3 Å². The van der Waals surface area contributed by atoms with Crippen molar-refractivity contribution in [2.24, 2.45) is 0 Å². The Bertz CT molecular complexity index is 863. The zero-order valence-electron chi connectivity index (χ0n) is 14.3. The van der Waals surface area contributed by atoms with E-state index in [1.54, 1.807) is 16.9 Å². The van der Waals surface area contributed by atoms with Gasteiger partial charge in [-0.25, -0.2) is 9.50 Å². The summed E-state index contributed by atoms with van der Waals surface area (Å²) in [6.45, 7) is 7.57.